The summed E-state index contributed by atoms with van der Waals surface area (Å²) in [5.74, 6) is 1.03. The van der Waals surface area contributed by atoms with E-state index in [-0.39, 0.29) is 11.8 Å². The Bertz CT molecular complexity index is 900. The van der Waals surface area contributed by atoms with Crippen molar-refractivity contribution in [3.05, 3.63) is 59.7 Å². The summed E-state index contributed by atoms with van der Waals surface area (Å²) in [7, 11) is 5.53. The van der Waals surface area contributed by atoms with E-state index in [1.54, 1.807) is 30.2 Å². The van der Waals surface area contributed by atoms with Crippen LogP contribution in [0, 0.1) is 0 Å². The average Bonchev–Trinajstić information content (AvgIpc) is 3.04. The molecule has 0 bridgehead atoms. The molecule has 0 N–H and O–H groups in total. The van der Waals surface area contributed by atoms with Crippen LogP contribution < -0.4 is 9.47 Å². The summed E-state index contributed by atoms with van der Waals surface area (Å²) in [5.41, 5.74) is 1.11. The minimum atomic E-state index is -0.0702. The minimum Gasteiger partial charge on any atom is -0.496 e. The highest BCUT2D eigenvalue weighted by Gasteiger charge is 2.26. The first-order chi connectivity index (χ1) is 15.0. The highest BCUT2D eigenvalue weighted by Crippen LogP contribution is 2.23. The van der Waals surface area contributed by atoms with Crippen molar-refractivity contribution in [3.63, 3.8) is 0 Å². The summed E-state index contributed by atoms with van der Waals surface area (Å²) in [6.07, 6.45) is 0.719. The van der Waals surface area contributed by atoms with E-state index in [0.717, 1.165) is 13.0 Å². The van der Waals surface area contributed by atoms with E-state index in [4.69, 9.17) is 9.47 Å². The van der Waals surface area contributed by atoms with E-state index < -0.39 is 0 Å². The predicted molar refractivity (Wildman–Crippen MR) is 120 cm³/mol. The van der Waals surface area contributed by atoms with Crippen LogP contribution >= 0.6 is 0 Å². The quantitative estimate of drug-likeness (QED) is 0.683. The van der Waals surface area contributed by atoms with Crippen molar-refractivity contribution in [1.82, 2.24) is 14.7 Å². The van der Waals surface area contributed by atoms with Crippen molar-refractivity contribution in [3.8, 4) is 11.5 Å². The second kappa shape index (κ2) is 10.8. The van der Waals surface area contributed by atoms with Crippen molar-refractivity contribution in [2.24, 2.45) is 0 Å². The fourth-order valence-corrected chi connectivity index (χ4v) is 3.59. The Morgan fingerprint density at radius 1 is 0.839 bits per heavy atom. The maximum atomic E-state index is 13.2. The molecule has 1 saturated heterocycles. The smallest absolute Gasteiger partial charge is 0.257 e. The molecule has 2 aromatic carbocycles. The summed E-state index contributed by atoms with van der Waals surface area (Å²) in [5, 5.41) is 0. The minimum absolute atomic E-state index is 0.0629. The maximum absolute atomic E-state index is 13.2. The van der Waals surface area contributed by atoms with Crippen molar-refractivity contribution < 1.29 is 19.1 Å². The Morgan fingerprint density at radius 2 is 1.35 bits per heavy atom. The molecule has 7 heteroatoms. The Labute approximate surface area is 184 Å². The van der Waals surface area contributed by atoms with E-state index in [0.29, 0.717) is 55.4 Å². The van der Waals surface area contributed by atoms with Gasteiger partial charge in [-0.1, -0.05) is 24.3 Å². The lowest BCUT2D eigenvalue weighted by Crippen LogP contribution is -2.37. The van der Waals surface area contributed by atoms with Crippen molar-refractivity contribution in [1.29, 1.82) is 0 Å². The van der Waals surface area contributed by atoms with Crippen LogP contribution in [0.4, 0.5) is 0 Å². The van der Waals surface area contributed by atoms with Crippen molar-refractivity contribution in [2.75, 3.05) is 60.5 Å². The Kier molecular flexibility index (Phi) is 7.89. The number of benzene rings is 2. The summed E-state index contributed by atoms with van der Waals surface area (Å²) in [6.45, 7) is 3.44. The van der Waals surface area contributed by atoms with Gasteiger partial charge < -0.3 is 24.2 Å². The molecular formula is C24H31N3O4. The molecule has 0 radical (unpaired) electrons. The molecule has 0 aromatic heterocycles. The SMILES string of the molecule is COc1ccccc1C(=O)N1CCCN(C(=O)c2ccccc2OCCN(C)C)CC1. The Balaban J connectivity index is 1.67. The van der Waals surface area contributed by atoms with Gasteiger partial charge in [-0.15, -0.1) is 0 Å². The molecule has 7 nitrogen and oxygen atoms in total. The molecule has 0 saturated carbocycles. The fraction of sp³-hybridized carbons (Fsp3) is 0.417. The third-order valence-electron chi connectivity index (χ3n) is 5.32. The first kappa shape index (κ1) is 22.6. The van der Waals surface area contributed by atoms with Gasteiger partial charge in [0.05, 0.1) is 18.2 Å². The number of hydrogen-bond donors (Lipinski definition) is 0. The Morgan fingerprint density at radius 3 is 1.90 bits per heavy atom. The lowest BCUT2D eigenvalue weighted by Gasteiger charge is -2.23. The lowest BCUT2D eigenvalue weighted by molar-refractivity contribution is 0.0714. The third-order valence-corrected chi connectivity index (χ3v) is 5.32. The number of rotatable bonds is 7. The zero-order valence-electron chi connectivity index (χ0n) is 18.5. The van der Waals surface area contributed by atoms with Gasteiger partial charge in [-0.2, -0.15) is 0 Å². The average molecular weight is 426 g/mol. The van der Waals surface area contributed by atoms with Crippen molar-refractivity contribution in [2.45, 2.75) is 6.42 Å². The van der Waals surface area contributed by atoms with Gasteiger partial charge in [-0.25, -0.2) is 0 Å². The van der Waals surface area contributed by atoms with Gasteiger partial charge in [-0.05, 0) is 44.8 Å². The van der Waals surface area contributed by atoms with Crippen LogP contribution in [0.3, 0.4) is 0 Å². The summed E-state index contributed by atoms with van der Waals surface area (Å²) >= 11 is 0. The van der Waals surface area contributed by atoms with Crippen LogP contribution in [-0.2, 0) is 0 Å². The zero-order valence-corrected chi connectivity index (χ0v) is 18.5. The van der Waals surface area contributed by atoms with Crippen molar-refractivity contribution >= 4 is 11.8 Å². The Hall–Kier alpha value is -3.06. The largest absolute Gasteiger partial charge is 0.496 e. The molecule has 2 aromatic rings. The van der Waals surface area contributed by atoms with Gasteiger partial charge in [0.2, 0.25) is 0 Å². The number of hydrogen-bond acceptors (Lipinski definition) is 5. The van der Waals surface area contributed by atoms with E-state index in [1.165, 1.54) is 0 Å². The molecule has 166 valence electrons. The molecule has 1 fully saturated rings. The van der Waals surface area contributed by atoms with Crippen LogP contribution in [0.25, 0.3) is 0 Å². The van der Waals surface area contributed by atoms with Gasteiger partial charge in [0.1, 0.15) is 18.1 Å². The molecule has 1 heterocycles. The highest BCUT2D eigenvalue weighted by atomic mass is 16.5. The summed E-state index contributed by atoms with van der Waals surface area (Å²) in [6, 6.07) is 14.6. The van der Waals surface area contributed by atoms with Crippen LogP contribution in [0.2, 0.25) is 0 Å². The van der Waals surface area contributed by atoms with E-state index >= 15 is 0 Å². The van der Waals surface area contributed by atoms with Gasteiger partial charge in [-0.3, -0.25) is 9.59 Å². The number of methoxy groups -OCH3 is 1. The maximum Gasteiger partial charge on any atom is 0.257 e. The van der Waals surface area contributed by atoms with Gasteiger partial charge in [0.15, 0.2) is 0 Å². The first-order valence-corrected chi connectivity index (χ1v) is 10.6. The molecule has 0 aliphatic carbocycles. The number of carbonyl (C=O) groups is 2. The molecule has 1 aliphatic rings. The van der Waals surface area contributed by atoms with Crippen LogP contribution in [0.1, 0.15) is 27.1 Å². The number of carbonyl (C=O) groups excluding carboxylic acids is 2. The number of ether oxygens (including phenoxy) is 2. The number of likely N-dealkylation sites (N-methyl/N-ethyl adjacent to an activating group) is 1. The van der Waals surface area contributed by atoms with E-state index in [1.807, 2.05) is 54.2 Å². The third kappa shape index (κ3) is 5.76. The molecule has 0 spiro atoms. The predicted octanol–water partition coefficient (Wildman–Crippen LogP) is 2.62. The molecule has 3 rings (SSSR count). The molecule has 0 atom stereocenters. The molecule has 31 heavy (non-hydrogen) atoms. The van der Waals surface area contributed by atoms with Crippen LogP contribution in [0.5, 0.6) is 11.5 Å². The molecular weight excluding hydrogens is 394 g/mol. The molecule has 0 unspecified atom stereocenters. The lowest BCUT2D eigenvalue weighted by atomic mass is 10.1. The highest BCUT2D eigenvalue weighted by molar-refractivity contribution is 5.98. The van der Waals surface area contributed by atoms with Gasteiger partial charge in [0.25, 0.3) is 11.8 Å². The fourth-order valence-electron chi connectivity index (χ4n) is 3.59. The monoisotopic (exact) mass is 425 g/mol. The first-order valence-electron chi connectivity index (χ1n) is 10.6. The zero-order chi connectivity index (χ0) is 22.2. The number of nitrogens with zero attached hydrogens (tertiary/aromatic N) is 3. The van der Waals surface area contributed by atoms with Crippen LogP contribution in [0.15, 0.2) is 48.5 Å². The van der Waals surface area contributed by atoms with Gasteiger partial charge >= 0.3 is 0 Å². The molecule has 2 amide bonds. The normalized spacial score (nSPS) is 14.3. The number of amides is 2. The molecule has 1 aliphatic heterocycles. The van der Waals surface area contributed by atoms with Gasteiger partial charge in [0, 0.05) is 32.7 Å². The summed E-state index contributed by atoms with van der Waals surface area (Å²) in [4.78, 5) is 31.9. The second-order valence-corrected chi connectivity index (χ2v) is 7.79. The topological polar surface area (TPSA) is 62.3 Å². The second-order valence-electron chi connectivity index (χ2n) is 7.79. The van der Waals surface area contributed by atoms with E-state index in [2.05, 4.69) is 0 Å². The summed E-state index contributed by atoms with van der Waals surface area (Å²) < 4.78 is 11.2. The number of para-hydroxylation sites is 2. The van der Waals surface area contributed by atoms with E-state index in [9.17, 15) is 9.59 Å². The van der Waals surface area contributed by atoms with Crippen LogP contribution in [-0.4, -0.2) is 87.0 Å². The standard InChI is InChI=1S/C24H31N3O4/c1-25(2)17-18-31-22-12-7-5-10-20(22)24(29)27-14-8-13-26(15-16-27)23(28)19-9-4-6-11-21(19)30-3/h4-7,9-12H,8,13-18H2,1-3H3.